The number of rotatable bonds is 3. The van der Waals surface area contributed by atoms with E-state index in [1.807, 2.05) is 29.3 Å². The third-order valence-corrected chi connectivity index (χ3v) is 5.06. The number of piperidine rings is 1. The Morgan fingerprint density at radius 1 is 1.58 bits per heavy atom. The van der Waals surface area contributed by atoms with Crippen LogP contribution in [0.15, 0.2) is 21.3 Å². The first kappa shape index (κ1) is 14.8. The topological polar surface area (TPSA) is 40.5 Å². The van der Waals surface area contributed by atoms with Gasteiger partial charge in [-0.05, 0) is 64.7 Å². The van der Waals surface area contributed by atoms with Crippen molar-refractivity contribution in [1.82, 2.24) is 4.90 Å². The molecule has 0 bridgehead atoms. The van der Waals surface area contributed by atoms with Crippen molar-refractivity contribution < 1.29 is 9.90 Å². The van der Waals surface area contributed by atoms with E-state index < -0.39 is 0 Å². The van der Waals surface area contributed by atoms with Crippen LogP contribution in [0.5, 0.6) is 0 Å². The van der Waals surface area contributed by atoms with Crippen molar-refractivity contribution in [3.63, 3.8) is 0 Å². The summed E-state index contributed by atoms with van der Waals surface area (Å²) in [5.41, 5.74) is 1.05. The van der Waals surface area contributed by atoms with Gasteiger partial charge >= 0.3 is 0 Å². The van der Waals surface area contributed by atoms with E-state index in [0.29, 0.717) is 5.92 Å². The van der Waals surface area contributed by atoms with Crippen LogP contribution in [0.25, 0.3) is 6.08 Å². The third kappa shape index (κ3) is 4.16. The average Bonchev–Trinajstić information content (AvgIpc) is 2.82. The standard InChI is InChI=1S/C14H18BrNO2S/c1-10(17)12-4-6-16(7-5-12)14(18)3-2-11-8-13(15)19-9-11/h2-3,8-10,12,17H,4-7H2,1H3. The molecule has 0 aromatic carbocycles. The highest BCUT2D eigenvalue weighted by atomic mass is 79.9. The second-order valence-corrected chi connectivity index (χ2v) is 7.21. The lowest BCUT2D eigenvalue weighted by Crippen LogP contribution is -2.39. The summed E-state index contributed by atoms with van der Waals surface area (Å²) in [7, 11) is 0. The van der Waals surface area contributed by atoms with E-state index in [2.05, 4.69) is 15.9 Å². The van der Waals surface area contributed by atoms with Crippen molar-refractivity contribution in [1.29, 1.82) is 0 Å². The van der Waals surface area contributed by atoms with Crippen LogP contribution < -0.4 is 0 Å². The van der Waals surface area contributed by atoms with Gasteiger partial charge in [-0.1, -0.05) is 0 Å². The second kappa shape index (κ2) is 6.68. The number of hydrogen-bond donors (Lipinski definition) is 1. The molecular weight excluding hydrogens is 326 g/mol. The summed E-state index contributed by atoms with van der Waals surface area (Å²) < 4.78 is 1.07. The number of carbonyl (C=O) groups is 1. The van der Waals surface area contributed by atoms with Crippen LogP contribution in [0, 0.1) is 5.92 Å². The van der Waals surface area contributed by atoms with Crippen molar-refractivity contribution in [3.05, 3.63) is 26.9 Å². The monoisotopic (exact) mass is 343 g/mol. The molecule has 2 heterocycles. The lowest BCUT2D eigenvalue weighted by Gasteiger charge is -2.32. The zero-order valence-corrected chi connectivity index (χ0v) is 13.3. The molecule has 1 unspecified atom stereocenters. The lowest BCUT2D eigenvalue weighted by molar-refractivity contribution is -0.127. The fraction of sp³-hybridized carbons (Fsp3) is 0.500. The van der Waals surface area contributed by atoms with E-state index in [4.69, 9.17) is 0 Å². The molecular formula is C14H18BrNO2S. The molecule has 1 aliphatic heterocycles. The molecule has 1 aromatic rings. The van der Waals surface area contributed by atoms with Gasteiger partial charge in [-0.15, -0.1) is 11.3 Å². The first-order valence-corrected chi connectivity index (χ1v) is 8.12. The molecule has 19 heavy (non-hydrogen) atoms. The Bertz CT molecular complexity index is 462. The van der Waals surface area contributed by atoms with Gasteiger partial charge in [-0.2, -0.15) is 0 Å². The van der Waals surface area contributed by atoms with Crippen LogP contribution in [0.4, 0.5) is 0 Å². The highest BCUT2D eigenvalue weighted by Gasteiger charge is 2.24. The predicted molar refractivity (Wildman–Crippen MR) is 82.0 cm³/mol. The number of thiophene rings is 1. The molecule has 2 rings (SSSR count). The van der Waals surface area contributed by atoms with Gasteiger partial charge in [0.2, 0.25) is 5.91 Å². The summed E-state index contributed by atoms with van der Waals surface area (Å²) in [4.78, 5) is 13.9. The number of aliphatic hydroxyl groups excluding tert-OH is 1. The molecule has 0 aliphatic carbocycles. The average molecular weight is 344 g/mol. The van der Waals surface area contributed by atoms with E-state index in [-0.39, 0.29) is 12.0 Å². The SMILES string of the molecule is CC(O)C1CCN(C(=O)C=Cc2csc(Br)c2)CC1. The van der Waals surface area contributed by atoms with Crippen LogP contribution in [-0.2, 0) is 4.79 Å². The molecule has 104 valence electrons. The first-order chi connectivity index (χ1) is 9.06. The van der Waals surface area contributed by atoms with Gasteiger partial charge in [-0.25, -0.2) is 0 Å². The van der Waals surface area contributed by atoms with Crippen molar-refractivity contribution in [3.8, 4) is 0 Å². The van der Waals surface area contributed by atoms with Crippen LogP contribution in [0.2, 0.25) is 0 Å². The van der Waals surface area contributed by atoms with Crippen molar-refractivity contribution in [2.75, 3.05) is 13.1 Å². The van der Waals surface area contributed by atoms with Crippen LogP contribution >= 0.6 is 27.3 Å². The molecule has 1 saturated heterocycles. The fourth-order valence-corrected chi connectivity index (χ4v) is 3.43. The Kier molecular flexibility index (Phi) is 5.19. The van der Waals surface area contributed by atoms with E-state index >= 15 is 0 Å². The summed E-state index contributed by atoms with van der Waals surface area (Å²) in [6, 6.07) is 1.99. The number of hydrogen-bond acceptors (Lipinski definition) is 3. The van der Waals surface area contributed by atoms with E-state index in [1.165, 1.54) is 0 Å². The Balaban J connectivity index is 1.86. The second-order valence-electron chi connectivity index (χ2n) is 4.92. The molecule has 0 saturated carbocycles. The van der Waals surface area contributed by atoms with Gasteiger partial charge in [0.15, 0.2) is 0 Å². The normalized spacial score (nSPS) is 19.0. The Hall–Kier alpha value is -0.650. The number of likely N-dealkylation sites (tertiary alicyclic amines) is 1. The van der Waals surface area contributed by atoms with Crippen molar-refractivity contribution in [2.45, 2.75) is 25.9 Å². The molecule has 0 radical (unpaired) electrons. The summed E-state index contributed by atoms with van der Waals surface area (Å²) in [5, 5.41) is 11.5. The Labute approximate surface area is 126 Å². The highest BCUT2D eigenvalue weighted by molar-refractivity contribution is 9.11. The quantitative estimate of drug-likeness (QED) is 0.856. The number of aliphatic hydroxyl groups is 1. The maximum Gasteiger partial charge on any atom is 0.246 e. The molecule has 1 fully saturated rings. The number of carbonyl (C=O) groups excluding carboxylic acids is 1. The maximum atomic E-state index is 12.0. The molecule has 1 amide bonds. The molecule has 1 aliphatic rings. The van der Waals surface area contributed by atoms with E-state index in [1.54, 1.807) is 17.4 Å². The van der Waals surface area contributed by atoms with Gasteiger partial charge in [0.1, 0.15) is 0 Å². The van der Waals surface area contributed by atoms with Gasteiger partial charge in [0.25, 0.3) is 0 Å². The zero-order chi connectivity index (χ0) is 13.8. The van der Waals surface area contributed by atoms with Gasteiger partial charge in [0.05, 0.1) is 9.89 Å². The third-order valence-electron chi connectivity index (χ3n) is 3.54. The maximum absolute atomic E-state index is 12.0. The largest absolute Gasteiger partial charge is 0.393 e. The van der Waals surface area contributed by atoms with Crippen molar-refractivity contribution >= 4 is 39.2 Å². The van der Waals surface area contributed by atoms with Gasteiger partial charge < -0.3 is 10.0 Å². The summed E-state index contributed by atoms with van der Waals surface area (Å²) >= 11 is 5.01. The Morgan fingerprint density at radius 3 is 2.79 bits per heavy atom. The summed E-state index contributed by atoms with van der Waals surface area (Å²) in [6.07, 6.45) is 5.00. The van der Waals surface area contributed by atoms with Crippen LogP contribution in [0.3, 0.4) is 0 Å². The summed E-state index contributed by atoms with van der Waals surface area (Å²) in [5.74, 6) is 0.396. The number of amides is 1. The van der Waals surface area contributed by atoms with E-state index in [0.717, 1.165) is 35.3 Å². The molecule has 3 nitrogen and oxygen atoms in total. The minimum Gasteiger partial charge on any atom is -0.393 e. The molecule has 1 atom stereocenters. The van der Waals surface area contributed by atoms with Crippen LogP contribution in [-0.4, -0.2) is 35.1 Å². The van der Waals surface area contributed by atoms with Gasteiger partial charge in [-0.3, -0.25) is 4.79 Å². The van der Waals surface area contributed by atoms with Crippen molar-refractivity contribution in [2.24, 2.45) is 5.92 Å². The minimum absolute atomic E-state index is 0.0614. The number of nitrogens with zero attached hydrogens (tertiary/aromatic N) is 1. The predicted octanol–water partition coefficient (Wildman–Crippen LogP) is 3.14. The smallest absolute Gasteiger partial charge is 0.246 e. The van der Waals surface area contributed by atoms with Crippen LogP contribution in [0.1, 0.15) is 25.3 Å². The minimum atomic E-state index is -0.268. The van der Waals surface area contributed by atoms with E-state index in [9.17, 15) is 9.90 Å². The molecule has 1 N–H and O–H groups in total. The van der Waals surface area contributed by atoms with Gasteiger partial charge in [0, 0.05) is 19.2 Å². The number of halogens is 1. The Morgan fingerprint density at radius 2 is 2.26 bits per heavy atom. The summed E-state index contributed by atoms with van der Waals surface area (Å²) in [6.45, 7) is 3.31. The highest BCUT2D eigenvalue weighted by Crippen LogP contribution is 2.22. The molecule has 0 spiro atoms. The molecule has 1 aromatic heterocycles. The lowest BCUT2D eigenvalue weighted by atomic mass is 9.92. The molecule has 5 heteroatoms. The fourth-order valence-electron chi connectivity index (χ4n) is 2.29. The zero-order valence-electron chi connectivity index (χ0n) is 10.9. The first-order valence-electron chi connectivity index (χ1n) is 6.45.